The van der Waals surface area contributed by atoms with Crippen molar-refractivity contribution in [3.63, 3.8) is 0 Å². The Hall–Kier alpha value is -4.58. The van der Waals surface area contributed by atoms with Crippen LogP contribution in [0.4, 0.5) is 29.3 Å². The predicted molar refractivity (Wildman–Crippen MR) is 141 cm³/mol. The third-order valence-corrected chi connectivity index (χ3v) is 7.00. The minimum atomic E-state index is -4.60. The number of rotatable bonds is 4. The van der Waals surface area contributed by atoms with Gasteiger partial charge in [-0.15, -0.1) is 10.2 Å². The summed E-state index contributed by atoms with van der Waals surface area (Å²) in [6.07, 6.45) is -3.18. The SMILES string of the molecule is Cc1ccc(-n2c(O)c(N=Nc3ccc(/C=C4\SC(=O)NC4=O)cc3O)c3ccc(C(F)(F)F)cc32)cc1C. The maximum absolute atomic E-state index is 13.5. The van der Waals surface area contributed by atoms with Crippen molar-refractivity contribution >= 4 is 51.3 Å². The number of halogens is 3. The van der Waals surface area contributed by atoms with Gasteiger partial charge in [0.15, 0.2) is 5.69 Å². The number of carbonyl (C=O) groups is 2. The number of thioether (sulfide) groups is 1. The number of aryl methyl sites for hydroxylation is 2. The van der Waals surface area contributed by atoms with E-state index in [4.69, 9.17) is 0 Å². The molecule has 0 atom stereocenters. The van der Waals surface area contributed by atoms with Gasteiger partial charge in [-0.25, -0.2) is 0 Å². The van der Waals surface area contributed by atoms with E-state index in [-0.39, 0.29) is 32.9 Å². The van der Waals surface area contributed by atoms with Gasteiger partial charge in [0.05, 0.1) is 16.0 Å². The van der Waals surface area contributed by atoms with Crippen LogP contribution in [0.5, 0.6) is 11.6 Å². The second kappa shape index (κ2) is 9.62. The number of carbonyl (C=O) groups excluding carboxylic acids is 2. The molecule has 0 spiro atoms. The monoisotopic (exact) mass is 552 g/mol. The molecule has 2 amide bonds. The lowest BCUT2D eigenvalue weighted by atomic mass is 10.1. The maximum Gasteiger partial charge on any atom is 0.416 e. The second-order valence-electron chi connectivity index (χ2n) is 8.81. The van der Waals surface area contributed by atoms with Gasteiger partial charge in [-0.3, -0.25) is 19.5 Å². The number of alkyl halides is 3. The third kappa shape index (κ3) is 4.98. The van der Waals surface area contributed by atoms with E-state index in [0.29, 0.717) is 11.3 Å². The Kier molecular flexibility index (Phi) is 6.43. The first-order valence-electron chi connectivity index (χ1n) is 11.4. The minimum absolute atomic E-state index is 0.00939. The number of aromatic hydroxyl groups is 2. The number of aromatic nitrogens is 1. The summed E-state index contributed by atoms with van der Waals surface area (Å²) in [6, 6.07) is 12.5. The van der Waals surface area contributed by atoms with Crippen molar-refractivity contribution in [2.45, 2.75) is 20.0 Å². The Labute approximate surface area is 223 Å². The van der Waals surface area contributed by atoms with Crippen LogP contribution in [0.1, 0.15) is 22.3 Å². The molecule has 3 N–H and O–H groups in total. The van der Waals surface area contributed by atoms with Crippen molar-refractivity contribution in [1.82, 2.24) is 9.88 Å². The highest BCUT2D eigenvalue weighted by molar-refractivity contribution is 8.18. The average Bonchev–Trinajstić information content (AvgIpc) is 3.33. The summed E-state index contributed by atoms with van der Waals surface area (Å²) in [6.45, 7) is 3.74. The number of nitrogens with zero attached hydrogens (tertiary/aromatic N) is 3. The average molecular weight is 553 g/mol. The highest BCUT2D eigenvalue weighted by Crippen LogP contribution is 2.44. The fraction of sp³-hybridized carbons (Fsp3) is 0.111. The number of benzene rings is 3. The molecule has 2 heterocycles. The highest BCUT2D eigenvalue weighted by atomic mass is 32.2. The number of fused-ring (bicyclic) bond motifs is 1. The summed E-state index contributed by atoms with van der Waals surface area (Å²) in [5.74, 6) is -1.27. The first-order chi connectivity index (χ1) is 18.4. The van der Waals surface area contributed by atoms with Crippen molar-refractivity contribution in [3.05, 3.63) is 81.8 Å². The van der Waals surface area contributed by atoms with Crippen LogP contribution in [0.2, 0.25) is 0 Å². The summed E-state index contributed by atoms with van der Waals surface area (Å²) in [5.41, 5.74) is 1.82. The molecular formula is C27H19F3N4O4S. The first-order valence-corrected chi connectivity index (χ1v) is 12.3. The van der Waals surface area contributed by atoms with E-state index in [0.717, 1.165) is 35.0 Å². The molecule has 1 fully saturated rings. The van der Waals surface area contributed by atoms with Gasteiger partial charge < -0.3 is 10.2 Å². The van der Waals surface area contributed by atoms with E-state index in [1.165, 1.54) is 34.9 Å². The Morgan fingerprint density at radius 1 is 0.949 bits per heavy atom. The fourth-order valence-corrected chi connectivity index (χ4v) is 4.73. The molecule has 39 heavy (non-hydrogen) atoms. The van der Waals surface area contributed by atoms with E-state index >= 15 is 0 Å². The molecule has 12 heteroatoms. The van der Waals surface area contributed by atoms with Crippen LogP contribution in [-0.2, 0) is 11.0 Å². The van der Waals surface area contributed by atoms with Gasteiger partial charge >= 0.3 is 6.18 Å². The number of hydrogen-bond acceptors (Lipinski definition) is 7. The number of hydrogen-bond donors (Lipinski definition) is 3. The van der Waals surface area contributed by atoms with Gasteiger partial charge in [-0.2, -0.15) is 13.2 Å². The highest BCUT2D eigenvalue weighted by Gasteiger charge is 2.32. The summed E-state index contributed by atoms with van der Waals surface area (Å²) < 4.78 is 41.8. The largest absolute Gasteiger partial charge is 0.506 e. The quantitative estimate of drug-likeness (QED) is 0.180. The van der Waals surface area contributed by atoms with Crippen LogP contribution >= 0.6 is 11.8 Å². The van der Waals surface area contributed by atoms with Crippen LogP contribution in [0.3, 0.4) is 0 Å². The zero-order chi connectivity index (χ0) is 28.1. The molecule has 1 aliphatic rings. The molecule has 0 saturated carbocycles. The van der Waals surface area contributed by atoms with Crippen molar-refractivity contribution in [3.8, 4) is 17.3 Å². The van der Waals surface area contributed by atoms with Gasteiger partial charge in [-0.05, 0) is 90.8 Å². The molecule has 1 aromatic heterocycles. The summed E-state index contributed by atoms with van der Waals surface area (Å²) >= 11 is 0.731. The Bertz CT molecular complexity index is 1740. The molecule has 3 aromatic carbocycles. The number of imide groups is 1. The van der Waals surface area contributed by atoms with Gasteiger partial charge in [-0.1, -0.05) is 12.1 Å². The van der Waals surface area contributed by atoms with Gasteiger partial charge in [0.1, 0.15) is 11.4 Å². The molecule has 0 radical (unpaired) electrons. The third-order valence-electron chi connectivity index (χ3n) is 6.19. The lowest BCUT2D eigenvalue weighted by Crippen LogP contribution is -2.17. The minimum Gasteiger partial charge on any atom is -0.506 e. The van der Waals surface area contributed by atoms with E-state index < -0.39 is 28.8 Å². The lowest BCUT2D eigenvalue weighted by molar-refractivity contribution is -0.137. The zero-order valence-electron chi connectivity index (χ0n) is 20.4. The zero-order valence-corrected chi connectivity index (χ0v) is 21.2. The Morgan fingerprint density at radius 2 is 1.72 bits per heavy atom. The van der Waals surface area contributed by atoms with Crippen molar-refractivity contribution in [1.29, 1.82) is 0 Å². The van der Waals surface area contributed by atoms with Crippen LogP contribution in [-0.4, -0.2) is 25.9 Å². The molecular weight excluding hydrogens is 533 g/mol. The molecule has 1 aliphatic heterocycles. The predicted octanol–water partition coefficient (Wildman–Crippen LogP) is 7.42. The normalized spacial score (nSPS) is 15.2. The second-order valence-corrected chi connectivity index (χ2v) is 9.82. The van der Waals surface area contributed by atoms with E-state index in [1.54, 1.807) is 18.2 Å². The smallest absolute Gasteiger partial charge is 0.416 e. The Balaban J connectivity index is 1.58. The van der Waals surface area contributed by atoms with Crippen LogP contribution in [0.25, 0.3) is 22.7 Å². The maximum atomic E-state index is 13.5. The molecule has 8 nitrogen and oxygen atoms in total. The van der Waals surface area contributed by atoms with Gasteiger partial charge in [0.2, 0.25) is 5.88 Å². The topological polar surface area (TPSA) is 116 Å². The molecule has 198 valence electrons. The molecule has 0 unspecified atom stereocenters. The molecule has 4 aromatic rings. The number of phenolic OH excluding ortho intramolecular Hbond substituents is 1. The number of amides is 2. The lowest BCUT2D eigenvalue weighted by Gasteiger charge is -2.11. The number of phenols is 1. The van der Waals surface area contributed by atoms with Crippen molar-refractivity contribution in [2.75, 3.05) is 0 Å². The van der Waals surface area contributed by atoms with E-state index in [2.05, 4.69) is 15.5 Å². The van der Waals surface area contributed by atoms with E-state index in [1.807, 2.05) is 13.8 Å². The number of azo groups is 1. The van der Waals surface area contributed by atoms with Crippen molar-refractivity contribution in [2.24, 2.45) is 10.2 Å². The summed E-state index contributed by atoms with van der Waals surface area (Å²) in [5, 5.41) is 31.5. The van der Waals surface area contributed by atoms with Crippen molar-refractivity contribution < 1.29 is 33.0 Å². The molecule has 0 aliphatic carbocycles. The molecule has 1 saturated heterocycles. The van der Waals surface area contributed by atoms with Gasteiger partial charge in [0.25, 0.3) is 11.1 Å². The van der Waals surface area contributed by atoms with E-state index in [9.17, 15) is 33.0 Å². The Morgan fingerprint density at radius 3 is 2.36 bits per heavy atom. The molecule has 5 rings (SSSR count). The van der Waals surface area contributed by atoms with Crippen LogP contribution in [0, 0.1) is 13.8 Å². The fourth-order valence-electron chi connectivity index (χ4n) is 4.05. The summed E-state index contributed by atoms with van der Waals surface area (Å²) in [7, 11) is 0. The summed E-state index contributed by atoms with van der Waals surface area (Å²) in [4.78, 5) is 23.3. The van der Waals surface area contributed by atoms with Crippen LogP contribution < -0.4 is 5.32 Å². The van der Waals surface area contributed by atoms with Gasteiger partial charge in [0, 0.05) is 11.1 Å². The number of nitrogens with one attached hydrogen (secondary N) is 1. The van der Waals surface area contributed by atoms with Crippen LogP contribution in [0.15, 0.2) is 69.7 Å². The standard InChI is InChI=1S/C27H19F3N4O4S/c1-13-3-6-17(9-14(13)2)34-20-12-16(27(28,29)30)5-7-18(20)23(25(34)37)33-32-19-8-4-15(10-21(19)35)11-22-24(36)31-26(38)39-22/h3-12,35,37H,1-2H3,(H,31,36,38)/b22-11-,33-32?. The first kappa shape index (κ1) is 26.0. The molecule has 0 bridgehead atoms.